The maximum atomic E-state index is 14.1. The molecule has 2 amide bonds. The van der Waals surface area contributed by atoms with Crippen molar-refractivity contribution in [2.24, 2.45) is 0 Å². The zero-order chi connectivity index (χ0) is 92.4. The van der Waals surface area contributed by atoms with E-state index < -0.39 is 28.3 Å². The molecule has 0 fully saturated rings. The van der Waals surface area contributed by atoms with E-state index >= 15 is 0 Å². The van der Waals surface area contributed by atoms with Gasteiger partial charge in [-0.15, -0.1) is 0 Å². The summed E-state index contributed by atoms with van der Waals surface area (Å²) in [5.41, 5.74) is 26.4. The fraction of sp³-hybridized carbons (Fsp3) is 0.341. The Hall–Kier alpha value is -13.7. The molecule has 0 aliphatic carbocycles. The van der Waals surface area contributed by atoms with Gasteiger partial charge in [-0.1, -0.05) is 44.2 Å². The molecule has 12 rings (SSSR count). The second-order valence-electron chi connectivity index (χ2n) is 29.0. The number of nitrogens with two attached hydrogens (primary N) is 3. The summed E-state index contributed by atoms with van der Waals surface area (Å²) in [4.78, 5) is 110. The second-order valence-corrected chi connectivity index (χ2v) is 29.4. The molecule has 0 radical (unpaired) electrons. The second kappa shape index (κ2) is 44.9. The van der Waals surface area contributed by atoms with Crippen LogP contribution in [0.1, 0.15) is 52.7 Å². The number of nitrogen functional groups attached to an aromatic ring is 3. The fourth-order valence-corrected chi connectivity index (χ4v) is 12.5. The Bertz CT molecular complexity index is 6030. The lowest BCUT2D eigenvalue weighted by atomic mass is 10.2. The summed E-state index contributed by atoms with van der Waals surface area (Å²) < 4.78 is 69.8. The molecule has 0 saturated heterocycles. The Morgan fingerprint density at radius 3 is 1.12 bits per heavy atom. The average molecular weight is 1740 g/mol. The van der Waals surface area contributed by atoms with Crippen LogP contribution in [0.2, 0.25) is 0 Å². The van der Waals surface area contributed by atoms with Crippen molar-refractivity contribution in [1.82, 2.24) is 67.1 Å². The van der Waals surface area contributed by atoms with Crippen LogP contribution in [-0.4, -0.2) is 235 Å². The summed E-state index contributed by atoms with van der Waals surface area (Å²) in [5, 5.41) is 2.68. The number of likely N-dealkylation sites (N-methyl/N-ethyl adjacent to an activating group) is 3. The first-order chi connectivity index (χ1) is 60.1. The summed E-state index contributed by atoms with van der Waals surface area (Å²) in [6, 6.07) is 32.0. The number of anilines is 6. The summed E-state index contributed by atoms with van der Waals surface area (Å²) >= 11 is 5.02. The number of fused-ring (bicyclic) bond motifs is 3. The Balaban J connectivity index is 0.000000220. The molecule has 0 spiro atoms. The predicted octanol–water partition coefficient (Wildman–Crippen LogP) is 10.9. The molecule has 36 nitrogen and oxygen atoms in total. The molecule has 0 unspecified atom stereocenters. The number of allylic oxidation sites excluding steroid dienone is 1. The molecule has 7 N–H and O–H groups in total. The number of rotatable bonds is 30. The molecule has 0 saturated carbocycles. The first-order valence-corrected chi connectivity index (χ1v) is 39.5. The van der Waals surface area contributed by atoms with Crippen LogP contribution in [0.5, 0.6) is 34.5 Å². The van der Waals surface area contributed by atoms with Gasteiger partial charge in [0.1, 0.15) is 95.5 Å². The van der Waals surface area contributed by atoms with Gasteiger partial charge >= 0.3 is 23.2 Å². The molecule has 6 aromatic heterocycles. The number of aromatic nitrogens is 12. The molecule has 0 aliphatic rings. The molecule has 0 atom stereocenters. The summed E-state index contributed by atoms with van der Waals surface area (Å²) in [7, 11) is 22.2. The van der Waals surface area contributed by atoms with E-state index in [-0.39, 0.29) is 47.9 Å². The van der Waals surface area contributed by atoms with Gasteiger partial charge in [-0.25, -0.2) is 62.8 Å². The number of methoxy groups -OCH3 is 6. The highest BCUT2D eigenvalue weighted by Crippen LogP contribution is 2.35. The molecule has 37 heteroatoms. The summed E-state index contributed by atoms with van der Waals surface area (Å²) in [6.45, 7) is 16.8. The number of halogens is 1. The van der Waals surface area contributed by atoms with Crippen molar-refractivity contribution in [2.45, 2.75) is 61.0 Å². The smallest absolute Gasteiger partial charge is 0.414 e. The van der Waals surface area contributed by atoms with Gasteiger partial charge in [0.2, 0.25) is 11.1 Å². The van der Waals surface area contributed by atoms with Crippen LogP contribution in [0, 0.1) is 20.8 Å². The average Bonchev–Trinajstić information content (AvgIpc) is 1.60. The van der Waals surface area contributed by atoms with E-state index in [1.54, 1.807) is 176 Å². The predicted molar refractivity (Wildman–Crippen MR) is 488 cm³/mol. The number of aryl methyl sites for hydroxylation is 3. The van der Waals surface area contributed by atoms with E-state index in [2.05, 4.69) is 35.2 Å². The third kappa shape index (κ3) is 24.2. The van der Waals surface area contributed by atoms with Crippen LogP contribution in [0.15, 0.2) is 167 Å². The van der Waals surface area contributed by atoms with Gasteiger partial charge in [-0.2, -0.15) is 0 Å². The fourth-order valence-electron chi connectivity index (χ4n) is 12.4. The zero-order valence-electron chi connectivity index (χ0n) is 75.1. The minimum atomic E-state index is -0.700. The van der Waals surface area contributed by atoms with E-state index in [4.69, 9.17) is 77.5 Å². The molecular formula is C88H111ClN20O16. The monoisotopic (exact) mass is 1740 g/mol. The van der Waals surface area contributed by atoms with Gasteiger partial charge in [-0.05, 0) is 140 Å². The van der Waals surface area contributed by atoms with Gasteiger partial charge < -0.3 is 84.6 Å². The molecule has 6 aromatic carbocycles. The van der Waals surface area contributed by atoms with Gasteiger partial charge in [0.25, 0.3) is 0 Å². The van der Waals surface area contributed by atoms with E-state index in [1.165, 1.54) is 68.3 Å². The van der Waals surface area contributed by atoms with Crippen molar-refractivity contribution in [1.29, 1.82) is 0 Å². The number of nitrogens with zero attached hydrogens (tertiary/aromatic N) is 16. The first kappa shape index (κ1) is 95.2. The van der Waals surface area contributed by atoms with E-state index in [9.17, 15) is 28.8 Å². The lowest BCUT2D eigenvalue weighted by Crippen LogP contribution is -2.34. The Morgan fingerprint density at radius 1 is 0.464 bits per heavy atom. The number of imidazole rings is 3. The quantitative estimate of drug-likeness (QED) is 0.0184. The number of benzene rings is 6. The van der Waals surface area contributed by atoms with Crippen molar-refractivity contribution in [3.05, 3.63) is 201 Å². The number of hydrogen-bond donors (Lipinski definition) is 4. The Morgan fingerprint density at radius 2 is 0.800 bits per heavy atom. The van der Waals surface area contributed by atoms with Crippen LogP contribution in [0.25, 0.3) is 67.6 Å². The maximum absolute atomic E-state index is 14.1. The van der Waals surface area contributed by atoms with Crippen LogP contribution >= 0.6 is 11.6 Å². The molecular weight excluding hydrogens is 1630 g/mol. The lowest BCUT2D eigenvalue weighted by Gasteiger charge is -2.25. The summed E-state index contributed by atoms with van der Waals surface area (Å²) in [5.74, 6) is 3.53. The lowest BCUT2D eigenvalue weighted by molar-refractivity contribution is -0.114. The number of amides is 2. The van der Waals surface area contributed by atoms with Crippen LogP contribution in [-0.2, 0) is 28.5 Å². The molecule has 6 heterocycles. The number of nitrogens with one attached hydrogen (secondary N) is 1. The number of carbonyl (C=O) groups is 3. The topological polar surface area (TPSA) is 405 Å². The highest BCUT2D eigenvalue weighted by atomic mass is 35.5. The van der Waals surface area contributed by atoms with E-state index in [0.29, 0.717) is 148 Å². The molecule has 12 aromatic rings. The maximum Gasteiger partial charge on any atom is 0.414 e. The van der Waals surface area contributed by atoms with Crippen molar-refractivity contribution in [2.75, 3.05) is 177 Å². The van der Waals surface area contributed by atoms with Crippen LogP contribution in [0.3, 0.4) is 0 Å². The minimum Gasteiger partial charge on any atom is -0.496 e. The minimum absolute atomic E-state index is 0.124. The molecule has 125 heavy (non-hydrogen) atoms. The molecule has 666 valence electrons. The van der Waals surface area contributed by atoms with Gasteiger partial charge in [0.15, 0.2) is 34.4 Å². The van der Waals surface area contributed by atoms with Crippen molar-refractivity contribution < 1.29 is 63.1 Å². The normalized spacial score (nSPS) is 11.3. The van der Waals surface area contributed by atoms with Crippen molar-refractivity contribution >= 4 is 96.9 Å². The number of carbonyl (C=O) groups excluding carboxylic acids is 3. The highest BCUT2D eigenvalue weighted by Gasteiger charge is 2.28. The molecule has 0 bridgehead atoms. The standard InChI is InChI=1S/C29H35N7O5.C28H34N6O6.C23H26N6O4.C6H10ClNO.C2H6/c1-19-9-10-20(17-24(19)40-6)35-26-27(30)31-18-32-28(26)36(29(35)38)22-14-21(15-23(16-22)41-13-12-39-5)34(4)25(37)8-7-11-33(2)3;1-17-8-9-18(15-22(17)38-7)33-23-24(29)30-16-31-25(23)34(26(33)35)20-12-19(13-21(14-20)39-11-10-37-6)32(5)27(36)40-28(2,3)4;1-14-5-6-16(12-19(14)32-4)28-20-21(24)26-13-27-22(20)29(23(28)30)17-9-15(25-2)10-18(11-17)33-8-7-31-3;1-8(2)5-3-4-6(7)9;1-2/h7-10,14-18H,11-13H2,1-6H3,(H2,30,31,32);8-9,12-16H,10-11H2,1-7H3,(H2,29,30,31);5-6,9-13,25H,7-8H2,1-4H3,(H2,24,26,27);3-4H,5H2,1-2H3;1-2H3/b8-7+;;;4-3+;/i;;;;1D. The third-order valence-electron chi connectivity index (χ3n) is 18.5. The largest absolute Gasteiger partial charge is 0.496 e. The summed E-state index contributed by atoms with van der Waals surface area (Å²) in [6.07, 6.45) is 9.73. The Kier molecular flexibility index (Phi) is 34.2. The van der Waals surface area contributed by atoms with Gasteiger partial charge in [-0.3, -0.25) is 28.2 Å². The van der Waals surface area contributed by atoms with Crippen LogP contribution < -0.4 is 77.8 Å². The number of ether oxygens (including phenoxy) is 10. The van der Waals surface area contributed by atoms with Crippen molar-refractivity contribution in [3.63, 3.8) is 0 Å². The zero-order valence-corrected chi connectivity index (χ0v) is 74.9. The van der Waals surface area contributed by atoms with Crippen LogP contribution in [0.4, 0.5) is 39.3 Å². The third-order valence-corrected chi connectivity index (χ3v) is 18.6. The Labute approximate surface area is 730 Å². The number of hydrogen-bond acceptors (Lipinski definition) is 28. The van der Waals surface area contributed by atoms with Gasteiger partial charge in [0, 0.05) is 129 Å². The SMILES string of the molecule is CN(C)C/C=C/C(=O)Cl.CNc1cc(OCCOC)cc(-n2c(=O)n(-c3ccc(C)c(OC)c3)c3c(N)ncnc32)c1.COCCOc1cc(N(C)C(=O)/C=C/CN(C)C)cc(-n2c(=O)n(-c3ccc(C)c(OC)c3)c3c(N)ncnc32)c1.COCCOc1cc(N(C)C(=O)OC(C)(C)C)cc(-n2c(=O)n(-c3ccc(C)c(OC)c3)c3c(N)ncnc32)c1.[2H]CC. The van der Waals surface area contributed by atoms with E-state index in [1.807, 2.05) is 95.2 Å². The van der Waals surface area contributed by atoms with Gasteiger partial charge in [0.05, 0.1) is 81.0 Å². The first-order valence-electron chi connectivity index (χ1n) is 39.9. The highest BCUT2D eigenvalue weighted by molar-refractivity contribution is 6.66. The van der Waals surface area contributed by atoms with Crippen molar-refractivity contribution in [3.8, 4) is 68.6 Å². The molecule has 0 aliphatic heterocycles. The van der Waals surface area contributed by atoms with E-state index in [0.717, 1.165) is 28.9 Å².